The van der Waals surface area contributed by atoms with Crippen molar-refractivity contribution in [2.75, 3.05) is 23.5 Å². The number of amides is 1. The van der Waals surface area contributed by atoms with E-state index >= 15 is 0 Å². The van der Waals surface area contributed by atoms with E-state index in [2.05, 4.69) is 56.3 Å². The third kappa shape index (κ3) is 6.11. The Morgan fingerprint density at radius 1 is 1.03 bits per heavy atom. The number of aldehydes is 1. The Morgan fingerprint density at radius 3 is 2.57 bits per heavy atom. The average molecular weight is 506 g/mol. The first-order valence-corrected chi connectivity index (χ1v) is 13.9. The minimum atomic E-state index is -0.104. The Balaban J connectivity index is 1.41. The van der Waals surface area contributed by atoms with Gasteiger partial charge in [0, 0.05) is 11.3 Å². The lowest BCUT2D eigenvalue weighted by atomic mass is 10.1. The molecule has 0 aromatic heterocycles. The molecule has 6 heteroatoms. The van der Waals surface area contributed by atoms with Crippen LogP contribution < -0.4 is 9.64 Å². The maximum Gasteiger partial charge on any atom is 0.241 e. The van der Waals surface area contributed by atoms with Gasteiger partial charge in [0.1, 0.15) is 17.4 Å². The zero-order chi connectivity index (χ0) is 24.8. The quantitative estimate of drug-likeness (QED) is 0.228. The van der Waals surface area contributed by atoms with Gasteiger partial charge in [-0.3, -0.25) is 14.5 Å². The van der Waals surface area contributed by atoms with Crippen molar-refractivity contribution in [2.24, 2.45) is 0 Å². The first-order valence-electron chi connectivity index (χ1n) is 11.8. The van der Waals surface area contributed by atoms with Crippen molar-refractivity contribution in [3.63, 3.8) is 0 Å². The molecular weight excluding hydrogens is 474 g/mol. The van der Waals surface area contributed by atoms with Gasteiger partial charge in [0.25, 0.3) is 0 Å². The summed E-state index contributed by atoms with van der Waals surface area (Å²) in [7, 11) is 1.71. The van der Waals surface area contributed by atoms with Crippen LogP contribution in [0.1, 0.15) is 44.4 Å². The third-order valence-electron chi connectivity index (χ3n) is 6.22. The standard InChI is InChI=1S/C29H31NO3S2/c1-20-7-11-24(12-8-20)29-30(25-6-4-5-23(17-25)19-31)28(32)27(35-29)14-16-34-15-13-22-10-9-21(2)26(18-22)33-3/h4-12,17-19,27,29H,13-16H2,1-3H3. The van der Waals surface area contributed by atoms with Crippen molar-refractivity contribution >= 4 is 41.4 Å². The molecule has 0 radical (unpaired) electrons. The van der Waals surface area contributed by atoms with Crippen LogP contribution in [0, 0.1) is 13.8 Å². The second-order valence-electron chi connectivity index (χ2n) is 8.76. The molecule has 3 aromatic rings. The van der Waals surface area contributed by atoms with Gasteiger partial charge in [-0.15, -0.1) is 11.8 Å². The highest BCUT2D eigenvalue weighted by molar-refractivity contribution is 8.01. The molecule has 0 spiro atoms. The zero-order valence-corrected chi connectivity index (χ0v) is 22.0. The monoisotopic (exact) mass is 505 g/mol. The van der Waals surface area contributed by atoms with Crippen LogP contribution in [-0.2, 0) is 11.2 Å². The van der Waals surface area contributed by atoms with E-state index in [0.717, 1.165) is 53.2 Å². The largest absolute Gasteiger partial charge is 0.496 e. The molecule has 1 aliphatic rings. The molecule has 182 valence electrons. The number of anilines is 1. The highest BCUT2D eigenvalue weighted by Crippen LogP contribution is 2.47. The summed E-state index contributed by atoms with van der Waals surface area (Å²) in [6.07, 6.45) is 2.62. The van der Waals surface area contributed by atoms with Gasteiger partial charge < -0.3 is 4.74 Å². The van der Waals surface area contributed by atoms with Crippen LogP contribution in [0.4, 0.5) is 5.69 Å². The van der Waals surface area contributed by atoms with Crippen molar-refractivity contribution in [2.45, 2.75) is 37.3 Å². The molecule has 2 unspecified atom stereocenters. The fourth-order valence-corrected chi connectivity index (χ4v) is 6.80. The van der Waals surface area contributed by atoms with Crippen molar-refractivity contribution in [3.8, 4) is 5.75 Å². The topological polar surface area (TPSA) is 46.6 Å². The second-order valence-corrected chi connectivity index (χ2v) is 11.3. The molecule has 1 fully saturated rings. The predicted octanol–water partition coefficient (Wildman–Crippen LogP) is 6.64. The second kappa shape index (κ2) is 11.8. The summed E-state index contributed by atoms with van der Waals surface area (Å²) in [5.41, 5.74) is 6.07. The number of carbonyl (C=O) groups excluding carboxylic acids is 2. The molecule has 1 amide bonds. The molecular formula is C29H31NO3S2. The third-order valence-corrected chi connectivity index (χ3v) is 8.74. The number of methoxy groups -OCH3 is 1. The molecule has 4 nitrogen and oxygen atoms in total. The minimum Gasteiger partial charge on any atom is -0.496 e. The molecule has 1 aliphatic heterocycles. The summed E-state index contributed by atoms with van der Waals surface area (Å²) in [5, 5.41) is -0.201. The Morgan fingerprint density at radius 2 is 1.83 bits per heavy atom. The summed E-state index contributed by atoms with van der Waals surface area (Å²) < 4.78 is 5.44. The maximum atomic E-state index is 13.5. The van der Waals surface area contributed by atoms with Gasteiger partial charge >= 0.3 is 0 Å². The fourth-order valence-electron chi connectivity index (χ4n) is 4.21. The van der Waals surface area contributed by atoms with Gasteiger partial charge in [-0.1, -0.05) is 54.1 Å². The van der Waals surface area contributed by atoms with E-state index in [1.807, 2.05) is 28.8 Å². The van der Waals surface area contributed by atoms with E-state index in [1.165, 1.54) is 11.1 Å². The molecule has 0 aliphatic carbocycles. The van der Waals surface area contributed by atoms with E-state index in [9.17, 15) is 9.59 Å². The highest BCUT2D eigenvalue weighted by Gasteiger charge is 2.41. The van der Waals surface area contributed by atoms with Gasteiger partial charge in [0.15, 0.2) is 0 Å². The van der Waals surface area contributed by atoms with Crippen LogP contribution in [0.2, 0.25) is 0 Å². The van der Waals surface area contributed by atoms with Crippen molar-refractivity contribution in [1.82, 2.24) is 0 Å². The number of hydrogen-bond donors (Lipinski definition) is 0. The Labute approximate surface area is 216 Å². The maximum absolute atomic E-state index is 13.5. The summed E-state index contributed by atoms with van der Waals surface area (Å²) in [5.74, 6) is 2.98. The average Bonchev–Trinajstić information content (AvgIpc) is 3.21. The first kappa shape index (κ1) is 25.4. The van der Waals surface area contributed by atoms with Crippen LogP contribution in [0.3, 0.4) is 0 Å². The van der Waals surface area contributed by atoms with Crippen molar-refractivity contribution in [1.29, 1.82) is 0 Å². The van der Waals surface area contributed by atoms with E-state index in [-0.39, 0.29) is 16.5 Å². The van der Waals surface area contributed by atoms with Gasteiger partial charge in [-0.2, -0.15) is 11.8 Å². The fraction of sp³-hybridized carbons (Fsp3) is 0.310. The van der Waals surface area contributed by atoms with Gasteiger partial charge in [0.05, 0.1) is 12.4 Å². The van der Waals surface area contributed by atoms with E-state index in [4.69, 9.17) is 4.74 Å². The van der Waals surface area contributed by atoms with E-state index in [0.29, 0.717) is 5.56 Å². The Kier molecular flexibility index (Phi) is 8.58. The molecule has 1 heterocycles. The molecule has 1 saturated heterocycles. The molecule has 0 N–H and O–H groups in total. The number of nitrogens with zero attached hydrogens (tertiary/aromatic N) is 1. The SMILES string of the molecule is COc1cc(CCSCCC2SC(c3ccc(C)cc3)N(c3cccc(C=O)c3)C2=O)ccc1C. The first-order chi connectivity index (χ1) is 17.0. The number of benzene rings is 3. The number of ether oxygens (including phenoxy) is 1. The van der Waals surface area contributed by atoms with Crippen LogP contribution in [0.25, 0.3) is 0 Å². The summed E-state index contributed by atoms with van der Waals surface area (Å²) in [6.45, 7) is 4.12. The van der Waals surface area contributed by atoms with Crippen LogP contribution in [-0.4, -0.2) is 36.1 Å². The number of thioether (sulfide) groups is 2. The summed E-state index contributed by atoms with van der Waals surface area (Å²) in [4.78, 5) is 26.8. The van der Waals surface area contributed by atoms with Crippen molar-refractivity contribution < 1.29 is 14.3 Å². The predicted molar refractivity (Wildman–Crippen MR) is 148 cm³/mol. The minimum absolute atomic E-state index is 0.0972. The molecule has 0 saturated carbocycles. The molecule has 0 bridgehead atoms. The van der Waals surface area contributed by atoms with Gasteiger partial charge in [0.2, 0.25) is 5.91 Å². The summed E-state index contributed by atoms with van der Waals surface area (Å²) in [6, 6.07) is 22.1. The molecule has 3 aromatic carbocycles. The number of aryl methyl sites for hydroxylation is 3. The van der Waals surface area contributed by atoms with Crippen LogP contribution >= 0.6 is 23.5 Å². The molecule has 2 atom stereocenters. The van der Waals surface area contributed by atoms with Crippen LogP contribution in [0.5, 0.6) is 5.75 Å². The highest BCUT2D eigenvalue weighted by atomic mass is 32.2. The Hall–Kier alpha value is -2.70. The molecule has 35 heavy (non-hydrogen) atoms. The number of hydrogen-bond acceptors (Lipinski definition) is 5. The van der Waals surface area contributed by atoms with Gasteiger partial charge in [-0.05, 0) is 73.1 Å². The van der Waals surface area contributed by atoms with Gasteiger partial charge in [-0.25, -0.2) is 0 Å². The lowest BCUT2D eigenvalue weighted by Crippen LogP contribution is -2.31. The smallest absolute Gasteiger partial charge is 0.241 e. The zero-order valence-electron chi connectivity index (χ0n) is 20.4. The Bertz CT molecular complexity index is 1180. The number of rotatable bonds is 10. The lowest BCUT2D eigenvalue weighted by Gasteiger charge is -2.24. The van der Waals surface area contributed by atoms with E-state index < -0.39 is 0 Å². The van der Waals surface area contributed by atoms with E-state index in [1.54, 1.807) is 31.0 Å². The van der Waals surface area contributed by atoms with Crippen molar-refractivity contribution in [3.05, 3.63) is 94.5 Å². The number of carbonyl (C=O) groups is 2. The molecule has 4 rings (SSSR count). The normalized spacial score (nSPS) is 17.6. The summed E-state index contributed by atoms with van der Waals surface area (Å²) >= 11 is 3.60. The lowest BCUT2D eigenvalue weighted by molar-refractivity contribution is -0.117. The van der Waals surface area contributed by atoms with Crippen LogP contribution in [0.15, 0.2) is 66.7 Å².